The van der Waals surface area contributed by atoms with Crippen LogP contribution in [0.2, 0.25) is 0 Å². The third-order valence-corrected chi connectivity index (χ3v) is 7.25. The van der Waals surface area contributed by atoms with Crippen molar-refractivity contribution in [3.05, 3.63) is 71.0 Å². The summed E-state index contributed by atoms with van der Waals surface area (Å²) in [7, 11) is 1.81. The van der Waals surface area contributed by atoms with Gasteiger partial charge in [-0.1, -0.05) is 24.3 Å². The Bertz CT molecular complexity index is 1370. The molecule has 0 spiro atoms. The van der Waals surface area contributed by atoms with Gasteiger partial charge in [-0.15, -0.1) is 0 Å². The second-order valence-electron chi connectivity index (χ2n) is 9.00. The van der Waals surface area contributed by atoms with Gasteiger partial charge in [0.1, 0.15) is 12.2 Å². The van der Waals surface area contributed by atoms with Crippen LogP contribution in [0.4, 0.5) is 5.69 Å². The van der Waals surface area contributed by atoms with E-state index in [1.165, 1.54) is 0 Å². The first-order valence-corrected chi connectivity index (χ1v) is 12.1. The average molecular weight is 489 g/mol. The van der Waals surface area contributed by atoms with Crippen molar-refractivity contribution >= 4 is 51.8 Å². The standard InChI is InChI=1S/C27H28N4O3S/c1-18-8-9-21(14-19(18)2)31-26(33)24(28(3)27(31)35)15-20-16-30(23-7-5-4-6-22(20)23)17-25(32)29-10-12-34-13-11-29/h4-9,14-16H,10-13,17H2,1-3H3/b24-15-. The van der Waals surface area contributed by atoms with E-state index in [2.05, 4.69) is 0 Å². The summed E-state index contributed by atoms with van der Waals surface area (Å²) in [4.78, 5) is 31.6. The highest BCUT2D eigenvalue weighted by atomic mass is 32.1. The summed E-state index contributed by atoms with van der Waals surface area (Å²) >= 11 is 5.65. The lowest BCUT2D eigenvalue weighted by Gasteiger charge is -2.27. The molecule has 180 valence electrons. The Labute approximate surface area is 210 Å². The molecule has 0 N–H and O–H groups in total. The SMILES string of the molecule is Cc1ccc(N2C(=O)/C(=C/c3cn(CC(=O)N4CCOCC4)c4ccccc34)N(C)C2=S)cc1C. The molecular formula is C27H28N4O3S. The minimum Gasteiger partial charge on any atom is -0.378 e. The van der Waals surface area contributed by atoms with Crippen molar-refractivity contribution in [2.45, 2.75) is 20.4 Å². The molecule has 1 aromatic heterocycles. The van der Waals surface area contributed by atoms with E-state index in [0.717, 1.165) is 33.3 Å². The highest BCUT2D eigenvalue weighted by Gasteiger charge is 2.37. The van der Waals surface area contributed by atoms with Crippen LogP contribution in [-0.2, 0) is 20.9 Å². The zero-order chi connectivity index (χ0) is 24.7. The molecule has 0 bridgehead atoms. The van der Waals surface area contributed by atoms with Gasteiger partial charge >= 0.3 is 0 Å². The molecule has 0 saturated carbocycles. The summed E-state index contributed by atoms with van der Waals surface area (Å²) in [6.45, 7) is 6.67. The summed E-state index contributed by atoms with van der Waals surface area (Å²) in [5, 5.41) is 1.42. The quantitative estimate of drug-likeness (QED) is 0.414. The Morgan fingerprint density at radius 3 is 2.57 bits per heavy atom. The Morgan fingerprint density at radius 1 is 1.09 bits per heavy atom. The van der Waals surface area contributed by atoms with Crippen molar-refractivity contribution in [3.8, 4) is 0 Å². The molecule has 7 nitrogen and oxygen atoms in total. The van der Waals surface area contributed by atoms with E-state index in [-0.39, 0.29) is 18.4 Å². The first kappa shape index (κ1) is 23.3. The molecule has 8 heteroatoms. The second kappa shape index (κ2) is 9.28. The zero-order valence-electron chi connectivity index (χ0n) is 20.2. The van der Waals surface area contributed by atoms with Gasteiger partial charge in [0.25, 0.3) is 5.91 Å². The largest absolute Gasteiger partial charge is 0.378 e. The summed E-state index contributed by atoms with van der Waals surface area (Å²) in [6.07, 6.45) is 3.81. The molecule has 2 fully saturated rings. The Hall–Kier alpha value is -3.49. The molecule has 0 unspecified atom stereocenters. The summed E-state index contributed by atoms with van der Waals surface area (Å²) in [5.41, 5.74) is 5.34. The van der Waals surface area contributed by atoms with Crippen LogP contribution in [0.3, 0.4) is 0 Å². The van der Waals surface area contributed by atoms with Gasteiger partial charge < -0.3 is 19.1 Å². The molecule has 0 atom stereocenters. The predicted molar refractivity (Wildman–Crippen MR) is 141 cm³/mol. The average Bonchev–Trinajstić information content (AvgIpc) is 3.31. The van der Waals surface area contributed by atoms with Crippen molar-refractivity contribution in [3.63, 3.8) is 0 Å². The van der Waals surface area contributed by atoms with Crippen LogP contribution in [0.25, 0.3) is 17.0 Å². The normalized spacial score (nSPS) is 17.8. The maximum atomic E-state index is 13.5. The van der Waals surface area contributed by atoms with Gasteiger partial charge in [0, 0.05) is 42.8 Å². The topological polar surface area (TPSA) is 58.0 Å². The van der Waals surface area contributed by atoms with Crippen molar-refractivity contribution in [2.24, 2.45) is 0 Å². The number of likely N-dealkylation sites (N-methyl/N-ethyl adjacent to an activating group) is 1. The van der Waals surface area contributed by atoms with Crippen LogP contribution in [0.1, 0.15) is 16.7 Å². The lowest BCUT2D eigenvalue weighted by atomic mass is 10.1. The van der Waals surface area contributed by atoms with E-state index in [4.69, 9.17) is 17.0 Å². The Morgan fingerprint density at radius 2 is 1.83 bits per heavy atom. The highest BCUT2D eigenvalue weighted by Crippen LogP contribution is 2.31. The second-order valence-corrected chi connectivity index (χ2v) is 9.37. The number of anilines is 1. The van der Waals surface area contributed by atoms with E-state index in [0.29, 0.717) is 37.1 Å². The van der Waals surface area contributed by atoms with Crippen molar-refractivity contribution < 1.29 is 14.3 Å². The highest BCUT2D eigenvalue weighted by molar-refractivity contribution is 7.80. The van der Waals surface area contributed by atoms with Crippen molar-refractivity contribution in [2.75, 3.05) is 38.3 Å². The molecule has 3 heterocycles. The molecule has 2 saturated heterocycles. The zero-order valence-corrected chi connectivity index (χ0v) is 21.0. The number of nitrogens with zero attached hydrogens (tertiary/aromatic N) is 4. The third-order valence-electron chi connectivity index (χ3n) is 6.79. The molecule has 35 heavy (non-hydrogen) atoms. The molecular weight excluding hydrogens is 460 g/mol. The van der Waals surface area contributed by atoms with E-state index in [1.54, 1.807) is 9.80 Å². The molecule has 2 amide bonds. The summed E-state index contributed by atoms with van der Waals surface area (Å²) in [5.74, 6) is -0.105. The number of carbonyl (C=O) groups is 2. The van der Waals surface area contributed by atoms with Gasteiger partial charge in [0.05, 0.1) is 18.9 Å². The van der Waals surface area contributed by atoms with Crippen LogP contribution < -0.4 is 4.90 Å². The number of rotatable bonds is 4. The smallest absolute Gasteiger partial charge is 0.281 e. The summed E-state index contributed by atoms with van der Waals surface area (Å²) < 4.78 is 7.33. The monoisotopic (exact) mass is 488 g/mol. The van der Waals surface area contributed by atoms with Gasteiger partial charge in [-0.25, -0.2) is 0 Å². The number of fused-ring (bicyclic) bond motifs is 1. The number of aryl methyl sites for hydroxylation is 2. The molecule has 5 rings (SSSR count). The number of carbonyl (C=O) groups excluding carboxylic acids is 2. The van der Waals surface area contributed by atoms with E-state index < -0.39 is 0 Å². The third kappa shape index (κ3) is 4.24. The van der Waals surface area contributed by atoms with E-state index in [1.807, 2.05) is 85.1 Å². The fraction of sp³-hybridized carbons (Fsp3) is 0.296. The van der Waals surface area contributed by atoms with Crippen molar-refractivity contribution in [1.29, 1.82) is 0 Å². The number of hydrogen-bond acceptors (Lipinski definition) is 4. The van der Waals surface area contributed by atoms with E-state index in [9.17, 15) is 9.59 Å². The van der Waals surface area contributed by atoms with Crippen LogP contribution in [0, 0.1) is 13.8 Å². The van der Waals surface area contributed by atoms with Gasteiger partial charge in [-0.3, -0.25) is 14.5 Å². The van der Waals surface area contributed by atoms with Crippen LogP contribution in [-0.4, -0.2) is 64.6 Å². The Kier molecular flexibility index (Phi) is 6.17. The molecule has 2 aliphatic rings. The van der Waals surface area contributed by atoms with E-state index >= 15 is 0 Å². The fourth-order valence-electron chi connectivity index (χ4n) is 4.58. The predicted octanol–water partition coefficient (Wildman–Crippen LogP) is 3.72. The molecule has 2 aromatic carbocycles. The van der Waals surface area contributed by atoms with Crippen LogP contribution in [0.15, 0.2) is 54.4 Å². The minimum absolute atomic E-state index is 0.0596. The lowest BCUT2D eigenvalue weighted by molar-refractivity contribution is -0.135. The number of amides is 2. The fourth-order valence-corrected chi connectivity index (χ4v) is 4.86. The number of ether oxygens (including phenoxy) is 1. The number of hydrogen-bond donors (Lipinski definition) is 0. The Balaban J connectivity index is 1.49. The maximum absolute atomic E-state index is 13.5. The number of aromatic nitrogens is 1. The molecule has 3 aromatic rings. The molecule has 0 radical (unpaired) electrons. The lowest BCUT2D eigenvalue weighted by Crippen LogP contribution is -2.42. The van der Waals surface area contributed by atoms with Gasteiger partial charge in [0.15, 0.2) is 5.11 Å². The van der Waals surface area contributed by atoms with Crippen molar-refractivity contribution in [1.82, 2.24) is 14.4 Å². The summed E-state index contributed by atoms with van der Waals surface area (Å²) in [6, 6.07) is 13.8. The minimum atomic E-state index is -0.165. The van der Waals surface area contributed by atoms with Crippen LogP contribution >= 0.6 is 12.2 Å². The first-order chi connectivity index (χ1) is 16.8. The maximum Gasteiger partial charge on any atom is 0.281 e. The van der Waals surface area contributed by atoms with Gasteiger partial charge in [0.2, 0.25) is 5.91 Å². The molecule has 0 aliphatic carbocycles. The van der Waals surface area contributed by atoms with Gasteiger partial charge in [-0.05, 0) is 61.5 Å². The number of morpholine rings is 1. The molecule has 2 aliphatic heterocycles. The first-order valence-electron chi connectivity index (χ1n) is 11.7. The number of thiocarbonyl (C=S) groups is 1. The number of benzene rings is 2. The van der Waals surface area contributed by atoms with Gasteiger partial charge in [-0.2, -0.15) is 0 Å². The van der Waals surface area contributed by atoms with Crippen LogP contribution in [0.5, 0.6) is 0 Å². The number of para-hydroxylation sites is 1.